The van der Waals surface area contributed by atoms with E-state index in [2.05, 4.69) is 15.9 Å². The summed E-state index contributed by atoms with van der Waals surface area (Å²) in [5.74, 6) is -1.02. The van der Waals surface area contributed by atoms with Crippen molar-refractivity contribution < 1.29 is 23.8 Å². The number of halogens is 2. The number of hydrogen-bond donors (Lipinski definition) is 1. The van der Waals surface area contributed by atoms with Gasteiger partial charge in [0.15, 0.2) is 11.6 Å². The Kier molecular flexibility index (Phi) is 5.52. The van der Waals surface area contributed by atoms with Gasteiger partial charge in [0.05, 0.1) is 0 Å². The number of carbonyl (C=O) groups is 2. The Morgan fingerprint density at radius 2 is 1.85 bits per heavy atom. The van der Waals surface area contributed by atoms with Gasteiger partial charge in [0, 0.05) is 28.4 Å². The molecule has 1 saturated carbocycles. The highest BCUT2D eigenvalue weighted by atomic mass is 79.9. The van der Waals surface area contributed by atoms with Crippen molar-refractivity contribution in [3.05, 3.63) is 69.5 Å². The van der Waals surface area contributed by atoms with E-state index in [1.165, 1.54) is 12.1 Å². The Balaban J connectivity index is 1.82. The van der Waals surface area contributed by atoms with Crippen LogP contribution in [0, 0.1) is 5.82 Å². The third-order valence-corrected chi connectivity index (χ3v) is 4.61. The molecule has 1 aliphatic rings. The quantitative estimate of drug-likeness (QED) is 0.441. The van der Waals surface area contributed by atoms with Crippen LogP contribution < -0.4 is 4.74 Å². The van der Waals surface area contributed by atoms with E-state index in [0.29, 0.717) is 27.8 Å². The van der Waals surface area contributed by atoms with Gasteiger partial charge in [0.1, 0.15) is 29.5 Å². The van der Waals surface area contributed by atoms with Crippen LogP contribution in [0.5, 0.6) is 5.75 Å². The van der Waals surface area contributed by atoms with Gasteiger partial charge >= 0.3 is 0 Å². The minimum atomic E-state index is -0.390. The first-order valence-corrected chi connectivity index (χ1v) is 8.92. The summed E-state index contributed by atoms with van der Waals surface area (Å²) in [5.41, 5.74) is 0.559. The summed E-state index contributed by atoms with van der Waals surface area (Å²) >= 11 is 3.20. The van der Waals surface area contributed by atoms with Crippen LogP contribution in [0.2, 0.25) is 0 Å². The molecule has 1 fully saturated rings. The molecule has 0 unspecified atom stereocenters. The number of benzene rings is 2. The predicted molar refractivity (Wildman–Crippen MR) is 98.3 cm³/mol. The standard InChI is InChI=1S/C20H16BrFO4/c21-14-8-7-13(16(22)10-14)11-26-15-4-1-3-12(9-15)20(25)19-17(23)5-2-6-18(19)24/h1,3-4,7-10,25H,2,5-6,11H2. The molecule has 2 aromatic rings. The molecule has 0 saturated heterocycles. The lowest BCUT2D eigenvalue weighted by atomic mass is 9.90. The van der Waals surface area contributed by atoms with E-state index in [4.69, 9.17) is 4.74 Å². The van der Waals surface area contributed by atoms with Crippen molar-refractivity contribution >= 4 is 33.3 Å². The summed E-state index contributed by atoms with van der Waals surface area (Å²) < 4.78 is 20.1. The van der Waals surface area contributed by atoms with Crippen LogP contribution in [0.4, 0.5) is 4.39 Å². The first kappa shape index (κ1) is 18.3. The number of allylic oxidation sites excluding steroid dienone is 1. The third-order valence-electron chi connectivity index (χ3n) is 4.12. The van der Waals surface area contributed by atoms with Crippen LogP contribution >= 0.6 is 15.9 Å². The van der Waals surface area contributed by atoms with Crippen molar-refractivity contribution in [2.75, 3.05) is 0 Å². The molecule has 26 heavy (non-hydrogen) atoms. The fourth-order valence-corrected chi connectivity index (χ4v) is 3.09. The predicted octanol–water partition coefficient (Wildman–Crippen LogP) is 4.76. The number of rotatable bonds is 4. The second-order valence-electron chi connectivity index (χ2n) is 5.98. The Morgan fingerprint density at radius 1 is 1.12 bits per heavy atom. The van der Waals surface area contributed by atoms with Crippen LogP contribution in [0.15, 0.2) is 52.5 Å². The molecule has 2 aromatic carbocycles. The maximum Gasteiger partial charge on any atom is 0.170 e. The summed E-state index contributed by atoms with van der Waals surface area (Å²) in [5, 5.41) is 10.4. The van der Waals surface area contributed by atoms with Gasteiger partial charge in [-0.1, -0.05) is 34.1 Å². The Morgan fingerprint density at radius 3 is 2.54 bits per heavy atom. The number of aliphatic hydroxyl groups excluding tert-OH is 1. The molecule has 134 valence electrons. The molecule has 1 N–H and O–H groups in total. The molecule has 3 rings (SSSR count). The fraction of sp³-hybridized carbons (Fsp3) is 0.200. The molecule has 1 aliphatic carbocycles. The van der Waals surface area contributed by atoms with Crippen molar-refractivity contribution in [1.29, 1.82) is 0 Å². The molecule has 0 amide bonds. The molecule has 4 nitrogen and oxygen atoms in total. The molecular formula is C20H16BrFO4. The Hall–Kier alpha value is -2.47. The normalized spacial score (nSPS) is 14.5. The molecule has 0 atom stereocenters. The van der Waals surface area contributed by atoms with E-state index in [1.807, 2.05) is 0 Å². The molecule has 0 spiro atoms. The summed E-state index contributed by atoms with van der Waals surface area (Å²) in [7, 11) is 0. The average Bonchev–Trinajstić information content (AvgIpc) is 2.61. The smallest absolute Gasteiger partial charge is 0.170 e. The molecule has 0 bridgehead atoms. The fourth-order valence-electron chi connectivity index (χ4n) is 2.76. The molecule has 0 aliphatic heterocycles. The zero-order valence-corrected chi connectivity index (χ0v) is 15.4. The molecule has 0 radical (unpaired) electrons. The van der Waals surface area contributed by atoms with Gasteiger partial charge in [0.2, 0.25) is 0 Å². The van der Waals surface area contributed by atoms with E-state index in [1.54, 1.807) is 30.3 Å². The molecule has 0 aromatic heterocycles. The van der Waals surface area contributed by atoms with E-state index in [9.17, 15) is 19.1 Å². The number of Topliss-reactive ketones (excluding diaryl/α,β-unsaturated/α-hetero) is 2. The maximum absolute atomic E-state index is 13.9. The van der Waals surface area contributed by atoms with E-state index in [-0.39, 0.29) is 48.2 Å². The Labute approximate surface area is 158 Å². The Bertz CT molecular complexity index is 886. The van der Waals surface area contributed by atoms with E-state index < -0.39 is 0 Å². The van der Waals surface area contributed by atoms with Gasteiger partial charge in [-0.05, 0) is 30.7 Å². The first-order chi connectivity index (χ1) is 12.5. The van der Waals surface area contributed by atoms with Crippen LogP contribution in [-0.2, 0) is 16.2 Å². The minimum absolute atomic E-state index is 0.0117. The highest BCUT2D eigenvalue weighted by Gasteiger charge is 2.27. The largest absolute Gasteiger partial charge is 0.506 e. The van der Waals surface area contributed by atoms with Crippen LogP contribution in [0.3, 0.4) is 0 Å². The minimum Gasteiger partial charge on any atom is -0.506 e. The molecule has 6 heteroatoms. The third kappa shape index (κ3) is 4.02. The number of hydrogen-bond acceptors (Lipinski definition) is 4. The van der Waals surface area contributed by atoms with Gasteiger partial charge in [-0.15, -0.1) is 0 Å². The van der Waals surface area contributed by atoms with Crippen LogP contribution in [0.25, 0.3) is 5.76 Å². The first-order valence-electron chi connectivity index (χ1n) is 8.12. The van der Waals surface area contributed by atoms with Crippen LogP contribution in [-0.4, -0.2) is 16.7 Å². The molecule has 0 heterocycles. The van der Waals surface area contributed by atoms with Crippen molar-refractivity contribution in [3.63, 3.8) is 0 Å². The van der Waals surface area contributed by atoms with Gasteiger partial charge in [-0.3, -0.25) is 9.59 Å². The topological polar surface area (TPSA) is 63.6 Å². The highest BCUT2D eigenvalue weighted by Crippen LogP contribution is 2.27. The lowest BCUT2D eigenvalue weighted by molar-refractivity contribution is -0.123. The highest BCUT2D eigenvalue weighted by molar-refractivity contribution is 9.10. The van der Waals surface area contributed by atoms with Gasteiger partial charge in [-0.25, -0.2) is 4.39 Å². The maximum atomic E-state index is 13.9. The van der Waals surface area contributed by atoms with Gasteiger partial charge < -0.3 is 9.84 Å². The lowest BCUT2D eigenvalue weighted by Crippen LogP contribution is -2.20. The van der Waals surface area contributed by atoms with Crippen molar-refractivity contribution in [2.24, 2.45) is 0 Å². The number of carbonyl (C=O) groups excluding carboxylic acids is 2. The van der Waals surface area contributed by atoms with Crippen molar-refractivity contribution in [1.82, 2.24) is 0 Å². The van der Waals surface area contributed by atoms with E-state index in [0.717, 1.165) is 0 Å². The van der Waals surface area contributed by atoms with Crippen LogP contribution in [0.1, 0.15) is 30.4 Å². The SMILES string of the molecule is O=C1CCCC(=O)C1=C(O)c1cccc(OCc2ccc(Br)cc2F)c1. The van der Waals surface area contributed by atoms with Gasteiger partial charge in [-0.2, -0.15) is 0 Å². The monoisotopic (exact) mass is 418 g/mol. The zero-order chi connectivity index (χ0) is 18.7. The zero-order valence-electron chi connectivity index (χ0n) is 13.8. The summed E-state index contributed by atoms with van der Waals surface area (Å²) in [6.45, 7) is 0.0117. The number of aliphatic hydroxyl groups is 1. The summed E-state index contributed by atoms with van der Waals surface area (Å²) in [4.78, 5) is 23.9. The number of ketones is 2. The summed E-state index contributed by atoms with van der Waals surface area (Å²) in [6, 6.07) is 11.1. The van der Waals surface area contributed by atoms with Crippen molar-refractivity contribution in [2.45, 2.75) is 25.9 Å². The average molecular weight is 419 g/mol. The molecular weight excluding hydrogens is 403 g/mol. The van der Waals surface area contributed by atoms with Gasteiger partial charge in [0.25, 0.3) is 0 Å². The van der Waals surface area contributed by atoms with E-state index >= 15 is 0 Å². The second kappa shape index (κ2) is 7.83. The lowest BCUT2D eigenvalue weighted by Gasteiger charge is -2.14. The second-order valence-corrected chi connectivity index (χ2v) is 6.89. The summed E-state index contributed by atoms with van der Waals surface area (Å²) in [6.07, 6.45) is 1.02. The van der Waals surface area contributed by atoms with Crippen molar-refractivity contribution in [3.8, 4) is 5.75 Å². The number of ether oxygens (including phenoxy) is 1.